The van der Waals surface area contributed by atoms with Gasteiger partial charge in [0.1, 0.15) is 11.9 Å². The van der Waals surface area contributed by atoms with Crippen LogP contribution in [0.25, 0.3) is 0 Å². The van der Waals surface area contributed by atoms with Crippen molar-refractivity contribution in [3.05, 3.63) is 94.2 Å². The summed E-state index contributed by atoms with van der Waals surface area (Å²) in [5, 5.41) is 23.8. The molecule has 1 fully saturated rings. The van der Waals surface area contributed by atoms with E-state index in [4.69, 9.17) is 9.47 Å². The molecule has 0 spiro atoms. The van der Waals surface area contributed by atoms with Crippen molar-refractivity contribution in [3.63, 3.8) is 0 Å². The third-order valence-corrected chi connectivity index (χ3v) is 7.03. The summed E-state index contributed by atoms with van der Waals surface area (Å²) in [6.45, 7) is 0. The maximum absolute atomic E-state index is 13.0. The van der Waals surface area contributed by atoms with E-state index >= 15 is 0 Å². The molecule has 7 heteroatoms. The van der Waals surface area contributed by atoms with Crippen LogP contribution in [0.2, 0.25) is 0 Å². The SMILES string of the molecule is COC(=O)C1[C@@H](O)[C@@]2(O)c3ccncc3O[C@@]2(c2ccc(Br)cc2)[C@@H]1c1ccccc1. The number of rotatable bonds is 3. The predicted molar refractivity (Wildman–Crippen MR) is 115 cm³/mol. The predicted octanol–water partition coefficient (Wildman–Crippen LogP) is 3.27. The molecule has 2 N–H and O–H groups in total. The number of nitrogens with zero attached hydrogens (tertiary/aromatic N) is 1. The Hall–Kier alpha value is -2.74. The molecule has 0 bridgehead atoms. The van der Waals surface area contributed by atoms with E-state index in [0.717, 1.165) is 10.0 Å². The van der Waals surface area contributed by atoms with Gasteiger partial charge in [0, 0.05) is 22.2 Å². The van der Waals surface area contributed by atoms with Crippen LogP contribution < -0.4 is 4.74 Å². The third-order valence-electron chi connectivity index (χ3n) is 6.50. The molecular formula is C24H20BrNO5. The van der Waals surface area contributed by atoms with Gasteiger partial charge in [0.15, 0.2) is 11.2 Å². The number of pyridine rings is 1. The third kappa shape index (κ3) is 2.57. The highest BCUT2D eigenvalue weighted by Gasteiger charge is 2.77. The number of hydrogen-bond donors (Lipinski definition) is 2. The van der Waals surface area contributed by atoms with Crippen LogP contribution in [-0.2, 0) is 20.7 Å². The molecular weight excluding hydrogens is 462 g/mol. The van der Waals surface area contributed by atoms with Gasteiger partial charge in [-0.05, 0) is 29.3 Å². The Kier molecular flexibility index (Phi) is 4.66. The van der Waals surface area contributed by atoms with Gasteiger partial charge in [-0.15, -0.1) is 0 Å². The van der Waals surface area contributed by atoms with Gasteiger partial charge in [0.05, 0.1) is 19.2 Å². The topological polar surface area (TPSA) is 88.9 Å². The first kappa shape index (κ1) is 20.2. The van der Waals surface area contributed by atoms with Gasteiger partial charge in [-0.25, -0.2) is 0 Å². The molecule has 3 aromatic rings. The van der Waals surface area contributed by atoms with Gasteiger partial charge < -0.3 is 19.7 Å². The van der Waals surface area contributed by atoms with Crippen LogP contribution in [0.15, 0.2) is 77.5 Å². The van der Waals surface area contributed by atoms with E-state index in [2.05, 4.69) is 20.9 Å². The van der Waals surface area contributed by atoms with Crippen LogP contribution >= 0.6 is 15.9 Å². The summed E-state index contributed by atoms with van der Waals surface area (Å²) >= 11 is 3.45. The Morgan fingerprint density at radius 3 is 2.52 bits per heavy atom. The Balaban J connectivity index is 1.86. The van der Waals surface area contributed by atoms with Crippen LogP contribution in [0.3, 0.4) is 0 Å². The van der Waals surface area contributed by atoms with Crippen molar-refractivity contribution >= 4 is 21.9 Å². The van der Waals surface area contributed by atoms with E-state index in [1.54, 1.807) is 6.07 Å². The first-order valence-electron chi connectivity index (χ1n) is 9.88. The quantitative estimate of drug-likeness (QED) is 0.558. The first-order chi connectivity index (χ1) is 14.9. The lowest BCUT2D eigenvalue weighted by Crippen LogP contribution is -2.52. The summed E-state index contributed by atoms with van der Waals surface area (Å²) in [4.78, 5) is 17.1. The smallest absolute Gasteiger partial charge is 0.312 e. The highest BCUT2D eigenvalue weighted by Crippen LogP contribution is 2.68. The molecule has 5 rings (SSSR count). The van der Waals surface area contributed by atoms with Crippen LogP contribution in [0.5, 0.6) is 5.75 Å². The minimum absolute atomic E-state index is 0.371. The van der Waals surface area contributed by atoms with Crippen molar-refractivity contribution in [2.45, 2.75) is 23.2 Å². The van der Waals surface area contributed by atoms with Crippen LogP contribution in [0, 0.1) is 5.92 Å². The number of methoxy groups -OCH3 is 1. The average Bonchev–Trinajstić information content (AvgIpc) is 3.18. The number of benzene rings is 2. The van der Waals surface area contributed by atoms with Crippen molar-refractivity contribution in [1.29, 1.82) is 0 Å². The zero-order valence-electron chi connectivity index (χ0n) is 16.6. The molecule has 1 saturated carbocycles. The number of aromatic nitrogens is 1. The zero-order chi connectivity index (χ0) is 21.8. The van der Waals surface area contributed by atoms with Crippen molar-refractivity contribution in [2.24, 2.45) is 5.92 Å². The van der Waals surface area contributed by atoms with Gasteiger partial charge in [-0.2, -0.15) is 0 Å². The Labute approximate surface area is 187 Å². The standard InChI is InChI=1S/C24H20BrNO5/c1-30-22(28)19-20(14-5-3-2-4-6-14)24(15-7-9-16(25)10-8-15)23(29,21(19)27)17-11-12-26-13-18(17)31-24/h2-13,19-21,27,29H,1H3/t19?,20-,21-,23+,24+/m1/s1. The van der Waals surface area contributed by atoms with Gasteiger partial charge in [-0.3, -0.25) is 9.78 Å². The van der Waals surface area contributed by atoms with E-state index in [1.807, 2.05) is 54.6 Å². The largest absolute Gasteiger partial charge is 0.476 e. The molecule has 158 valence electrons. The Morgan fingerprint density at radius 1 is 1.13 bits per heavy atom. The Morgan fingerprint density at radius 2 is 1.84 bits per heavy atom. The van der Waals surface area contributed by atoms with E-state index in [-0.39, 0.29) is 0 Å². The van der Waals surface area contributed by atoms with E-state index in [1.165, 1.54) is 19.5 Å². The molecule has 2 heterocycles. The number of aliphatic hydroxyl groups is 2. The van der Waals surface area contributed by atoms with Crippen molar-refractivity contribution in [3.8, 4) is 5.75 Å². The summed E-state index contributed by atoms with van der Waals surface area (Å²) in [7, 11) is 1.28. The number of halogens is 1. The van der Waals surface area contributed by atoms with Gasteiger partial charge in [-0.1, -0.05) is 58.4 Å². The minimum Gasteiger partial charge on any atom is -0.476 e. The minimum atomic E-state index is -1.90. The summed E-state index contributed by atoms with van der Waals surface area (Å²) in [5.41, 5.74) is -1.60. The maximum atomic E-state index is 13.0. The van der Waals surface area contributed by atoms with Gasteiger partial charge in [0.2, 0.25) is 0 Å². The summed E-state index contributed by atoms with van der Waals surface area (Å²) in [6.07, 6.45) is 1.58. The normalized spacial score (nSPS) is 30.9. The van der Waals surface area contributed by atoms with Crippen molar-refractivity contribution < 1.29 is 24.5 Å². The molecule has 1 aliphatic heterocycles. The second-order valence-electron chi connectivity index (χ2n) is 7.86. The van der Waals surface area contributed by atoms with E-state index < -0.39 is 35.1 Å². The highest BCUT2D eigenvalue weighted by atomic mass is 79.9. The second-order valence-corrected chi connectivity index (χ2v) is 8.78. The molecule has 1 unspecified atom stereocenters. The molecule has 5 atom stereocenters. The summed E-state index contributed by atoms with van der Waals surface area (Å²) in [5.74, 6) is -2.02. The number of carbonyl (C=O) groups is 1. The average molecular weight is 482 g/mol. The fourth-order valence-electron chi connectivity index (χ4n) is 5.26. The molecule has 2 aromatic carbocycles. The van der Waals surface area contributed by atoms with Gasteiger partial charge >= 0.3 is 5.97 Å². The number of carbonyl (C=O) groups excluding carboxylic acids is 1. The highest BCUT2D eigenvalue weighted by molar-refractivity contribution is 9.10. The number of aliphatic hydroxyl groups excluding tert-OH is 1. The summed E-state index contributed by atoms with van der Waals surface area (Å²) < 4.78 is 12.4. The van der Waals surface area contributed by atoms with Crippen molar-refractivity contribution in [1.82, 2.24) is 4.98 Å². The fraction of sp³-hybridized carbons (Fsp3) is 0.250. The van der Waals surface area contributed by atoms with E-state index in [0.29, 0.717) is 16.9 Å². The monoisotopic (exact) mass is 481 g/mol. The zero-order valence-corrected chi connectivity index (χ0v) is 18.2. The lowest BCUT2D eigenvalue weighted by Gasteiger charge is -2.40. The molecule has 1 aliphatic carbocycles. The lowest BCUT2D eigenvalue weighted by molar-refractivity contribution is -0.161. The van der Waals surface area contributed by atoms with Crippen molar-refractivity contribution in [2.75, 3.05) is 7.11 Å². The van der Waals surface area contributed by atoms with Crippen LogP contribution in [0.4, 0.5) is 0 Å². The lowest BCUT2D eigenvalue weighted by atomic mass is 9.71. The summed E-state index contributed by atoms with van der Waals surface area (Å²) in [6, 6.07) is 18.3. The Bertz CT molecular complexity index is 1140. The molecule has 6 nitrogen and oxygen atoms in total. The fourth-order valence-corrected chi connectivity index (χ4v) is 5.53. The molecule has 2 aliphatic rings. The first-order valence-corrected chi connectivity index (χ1v) is 10.7. The maximum Gasteiger partial charge on any atom is 0.312 e. The molecule has 1 aromatic heterocycles. The molecule has 0 amide bonds. The molecule has 0 saturated heterocycles. The molecule has 31 heavy (non-hydrogen) atoms. The van der Waals surface area contributed by atoms with Crippen LogP contribution in [0.1, 0.15) is 22.6 Å². The van der Waals surface area contributed by atoms with E-state index in [9.17, 15) is 15.0 Å². The number of esters is 1. The van der Waals surface area contributed by atoms with Gasteiger partial charge in [0.25, 0.3) is 0 Å². The number of fused-ring (bicyclic) bond motifs is 3. The number of ether oxygens (including phenoxy) is 2. The number of hydrogen-bond acceptors (Lipinski definition) is 6. The van der Waals surface area contributed by atoms with Crippen LogP contribution in [-0.4, -0.2) is 34.4 Å². The second kappa shape index (κ2) is 7.15. The molecule has 0 radical (unpaired) electrons.